The lowest BCUT2D eigenvalue weighted by atomic mass is 9.96. The van der Waals surface area contributed by atoms with Crippen LogP contribution in [0.15, 0.2) is 78.0 Å². The number of thioether (sulfide) groups is 1. The number of carbonyl (C=O) groups is 2. The van der Waals surface area contributed by atoms with E-state index in [-0.39, 0.29) is 17.6 Å². The maximum atomic E-state index is 13.5. The van der Waals surface area contributed by atoms with Crippen molar-refractivity contribution in [3.8, 4) is 22.5 Å². The van der Waals surface area contributed by atoms with Crippen molar-refractivity contribution in [2.75, 3.05) is 16.0 Å². The molecule has 7 nitrogen and oxygen atoms in total. The summed E-state index contributed by atoms with van der Waals surface area (Å²) in [7, 11) is 0. The SMILES string of the molecule is Cc1ccc(-c2nnc(SCC(=O)N3c4ccccc4NC(=O)C3(C)C)nc2-c2ccc(C)cc2)cc1. The fraction of sp³-hybridized carbons (Fsp3) is 0.207. The number of hydrogen-bond acceptors (Lipinski definition) is 6. The lowest BCUT2D eigenvalue weighted by Crippen LogP contribution is -2.58. The summed E-state index contributed by atoms with van der Waals surface area (Å²) >= 11 is 1.21. The Labute approximate surface area is 220 Å². The molecule has 3 aromatic carbocycles. The number of amides is 2. The molecule has 0 bridgehead atoms. The molecule has 0 fully saturated rings. The third-order valence-corrected chi connectivity index (χ3v) is 7.22. The molecule has 0 unspecified atom stereocenters. The van der Waals surface area contributed by atoms with Crippen LogP contribution in [0.5, 0.6) is 0 Å². The highest BCUT2D eigenvalue weighted by Gasteiger charge is 2.43. The largest absolute Gasteiger partial charge is 0.322 e. The normalized spacial score (nSPS) is 14.2. The van der Waals surface area contributed by atoms with Gasteiger partial charge in [0.1, 0.15) is 16.9 Å². The molecule has 2 heterocycles. The second kappa shape index (κ2) is 9.78. The van der Waals surface area contributed by atoms with Gasteiger partial charge < -0.3 is 5.32 Å². The molecule has 0 atom stereocenters. The van der Waals surface area contributed by atoms with Crippen LogP contribution in [0.4, 0.5) is 11.4 Å². The lowest BCUT2D eigenvalue weighted by Gasteiger charge is -2.42. The molecule has 0 saturated carbocycles. The van der Waals surface area contributed by atoms with Gasteiger partial charge in [-0.15, -0.1) is 10.2 Å². The average molecular weight is 510 g/mol. The van der Waals surface area contributed by atoms with E-state index in [1.54, 1.807) is 24.8 Å². The Kier molecular flexibility index (Phi) is 6.52. The smallest absolute Gasteiger partial charge is 0.250 e. The molecule has 1 aromatic heterocycles. The molecular formula is C29H27N5O2S. The van der Waals surface area contributed by atoms with Crippen molar-refractivity contribution in [3.63, 3.8) is 0 Å². The minimum atomic E-state index is -1.03. The Balaban J connectivity index is 1.45. The van der Waals surface area contributed by atoms with Gasteiger partial charge in [-0.2, -0.15) is 0 Å². The number of rotatable bonds is 5. The molecule has 1 N–H and O–H groups in total. The summed E-state index contributed by atoms with van der Waals surface area (Å²) in [6.45, 7) is 7.56. The van der Waals surface area contributed by atoms with E-state index in [0.717, 1.165) is 22.3 Å². The van der Waals surface area contributed by atoms with Gasteiger partial charge in [-0.3, -0.25) is 14.5 Å². The van der Waals surface area contributed by atoms with Crippen LogP contribution in [0.2, 0.25) is 0 Å². The predicted octanol–water partition coefficient (Wildman–Crippen LogP) is 5.68. The fourth-order valence-corrected chi connectivity index (χ4v) is 4.92. The summed E-state index contributed by atoms with van der Waals surface area (Å²) in [6, 6.07) is 23.5. The highest BCUT2D eigenvalue weighted by molar-refractivity contribution is 7.99. The minimum Gasteiger partial charge on any atom is -0.322 e. The zero-order valence-corrected chi connectivity index (χ0v) is 22.0. The number of aryl methyl sites for hydroxylation is 2. The number of fused-ring (bicyclic) bond motifs is 1. The Hall–Kier alpha value is -4.04. The number of benzene rings is 3. The summed E-state index contributed by atoms with van der Waals surface area (Å²) in [6.07, 6.45) is 0. The van der Waals surface area contributed by atoms with E-state index in [2.05, 4.69) is 15.5 Å². The maximum Gasteiger partial charge on any atom is 0.250 e. The Morgan fingerprint density at radius 2 is 1.46 bits per heavy atom. The van der Waals surface area contributed by atoms with Crippen LogP contribution < -0.4 is 10.2 Å². The van der Waals surface area contributed by atoms with Gasteiger partial charge in [0.2, 0.25) is 17.0 Å². The second-order valence-electron chi connectivity index (χ2n) is 9.57. The van der Waals surface area contributed by atoms with E-state index in [1.807, 2.05) is 80.6 Å². The standard InChI is InChI=1S/C29H27N5O2S/c1-18-9-13-20(14-10-18)25-26(21-15-11-19(2)12-16-21)32-33-28(31-25)37-17-24(35)34-23-8-6-5-7-22(23)30-27(36)29(34,3)4/h5-16H,17H2,1-4H3,(H,30,36). The van der Waals surface area contributed by atoms with Crippen LogP contribution in [-0.2, 0) is 9.59 Å². The number of para-hydroxylation sites is 2. The van der Waals surface area contributed by atoms with E-state index < -0.39 is 5.54 Å². The van der Waals surface area contributed by atoms with Crippen molar-refractivity contribution in [1.29, 1.82) is 0 Å². The molecule has 5 rings (SSSR count). The van der Waals surface area contributed by atoms with Crippen molar-refractivity contribution in [2.45, 2.75) is 38.4 Å². The molecular weight excluding hydrogens is 482 g/mol. The zero-order valence-electron chi connectivity index (χ0n) is 21.1. The third-order valence-electron chi connectivity index (χ3n) is 6.40. The van der Waals surface area contributed by atoms with E-state index in [4.69, 9.17) is 4.98 Å². The van der Waals surface area contributed by atoms with Crippen molar-refractivity contribution < 1.29 is 9.59 Å². The van der Waals surface area contributed by atoms with Gasteiger partial charge in [-0.1, -0.05) is 83.6 Å². The molecule has 1 aliphatic heterocycles. The van der Waals surface area contributed by atoms with Crippen molar-refractivity contribution >= 4 is 35.0 Å². The van der Waals surface area contributed by atoms with E-state index in [9.17, 15) is 9.59 Å². The van der Waals surface area contributed by atoms with Gasteiger partial charge in [0.25, 0.3) is 0 Å². The topological polar surface area (TPSA) is 88.1 Å². The number of carbonyl (C=O) groups excluding carboxylic acids is 2. The van der Waals surface area contributed by atoms with Crippen LogP contribution in [0.1, 0.15) is 25.0 Å². The van der Waals surface area contributed by atoms with Crippen molar-refractivity contribution in [1.82, 2.24) is 15.2 Å². The summed E-state index contributed by atoms with van der Waals surface area (Å²) in [5.74, 6) is -0.379. The molecule has 8 heteroatoms. The molecule has 4 aromatic rings. The molecule has 0 spiro atoms. The first-order valence-electron chi connectivity index (χ1n) is 12.0. The summed E-state index contributed by atoms with van der Waals surface area (Å²) in [4.78, 5) is 32.6. The summed E-state index contributed by atoms with van der Waals surface area (Å²) in [5, 5.41) is 12.2. The molecule has 2 amide bonds. The lowest BCUT2D eigenvalue weighted by molar-refractivity contribution is -0.125. The summed E-state index contributed by atoms with van der Waals surface area (Å²) in [5.41, 5.74) is 5.80. The third kappa shape index (κ3) is 4.84. The van der Waals surface area contributed by atoms with Crippen LogP contribution in [0.25, 0.3) is 22.5 Å². The van der Waals surface area contributed by atoms with Gasteiger partial charge in [-0.25, -0.2) is 4.98 Å². The summed E-state index contributed by atoms with van der Waals surface area (Å²) < 4.78 is 0. The molecule has 0 aliphatic carbocycles. The van der Waals surface area contributed by atoms with E-state index >= 15 is 0 Å². The maximum absolute atomic E-state index is 13.5. The molecule has 0 saturated heterocycles. The molecule has 186 valence electrons. The predicted molar refractivity (Wildman–Crippen MR) is 148 cm³/mol. The molecule has 0 radical (unpaired) electrons. The van der Waals surface area contributed by atoms with Gasteiger partial charge in [0, 0.05) is 11.1 Å². The van der Waals surface area contributed by atoms with Crippen molar-refractivity contribution in [3.05, 3.63) is 83.9 Å². The molecule has 37 heavy (non-hydrogen) atoms. The Morgan fingerprint density at radius 3 is 2.11 bits per heavy atom. The first-order chi connectivity index (χ1) is 17.7. The van der Waals surface area contributed by atoms with E-state index in [1.165, 1.54) is 11.8 Å². The van der Waals surface area contributed by atoms with Gasteiger partial charge in [0.05, 0.1) is 17.1 Å². The monoisotopic (exact) mass is 509 g/mol. The first kappa shape index (κ1) is 24.6. The Morgan fingerprint density at radius 1 is 0.865 bits per heavy atom. The zero-order chi connectivity index (χ0) is 26.2. The first-order valence-corrected chi connectivity index (χ1v) is 13.0. The number of hydrogen-bond donors (Lipinski definition) is 1. The van der Waals surface area contributed by atoms with Crippen LogP contribution in [-0.4, -0.2) is 38.3 Å². The average Bonchev–Trinajstić information content (AvgIpc) is 2.89. The highest BCUT2D eigenvalue weighted by Crippen LogP contribution is 2.37. The van der Waals surface area contributed by atoms with Crippen LogP contribution >= 0.6 is 11.8 Å². The minimum absolute atomic E-state index is 0.0595. The van der Waals surface area contributed by atoms with Gasteiger partial charge in [-0.05, 0) is 39.8 Å². The van der Waals surface area contributed by atoms with Crippen molar-refractivity contribution in [2.24, 2.45) is 0 Å². The van der Waals surface area contributed by atoms with Gasteiger partial charge >= 0.3 is 0 Å². The number of aromatic nitrogens is 3. The number of anilines is 2. The number of nitrogens with one attached hydrogen (secondary N) is 1. The fourth-order valence-electron chi connectivity index (χ4n) is 4.28. The Bertz CT molecular complexity index is 1480. The van der Waals surface area contributed by atoms with Crippen LogP contribution in [0, 0.1) is 13.8 Å². The van der Waals surface area contributed by atoms with Gasteiger partial charge in [0.15, 0.2) is 0 Å². The molecule has 1 aliphatic rings. The second-order valence-corrected chi connectivity index (χ2v) is 10.5. The quantitative estimate of drug-likeness (QED) is 0.348. The number of nitrogens with zero attached hydrogens (tertiary/aromatic N) is 4. The van der Waals surface area contributed by atoms with Crippen LogP contribution in [0.3, 0.4) is 0 Å². The highest BCUT2D eigenvalue weighted by atomic mass is 32.2. The van der Waals surface area contributed by atoms with E-state index in [0.29, 0.717) is 27.9 Å².